The van der Waals surface area contributed by atoms with E-state index in [9.17, 15) is 0 Å². The third kappa shape index (κ3) is 1.54. The van der Waals surface area contributed by atoms with Crippen LogP contribution in [0, 0.1) is 0 Å². The second kappa shape index (κ2) is 3.31. The van der Waals surface area contributed by atoms with Crippen molar-refractivity contribution in [1.82, 2.24) is 5.16 Å². The standard InChI is InChI=1S/C10H9NO2/c1-12-9-4-2-3-8(7-9)10-5-6-13-11-10/h2-7H,1H3. The van der Waals surface area contributed by atoms with E-state index in [1.165, 1.54) is 0 Å². The van der Waals surface area contributed by atoms with Crippen LogP contribution in [0.15, 0.2) is 41.1 Å². The van der Waals surface area contributed by atoms with Gasteiger partial charge in [-0.25, -0.2) is 0 Å². The van der Waals surface area contributed by atoms with E-state index >= 15 is 0 Å². The highest BCUT2D eigenvalue weighted by molar-refractivity contribution is 5.60. The van der Waals surface area contributed by atoms with E-state index in [0.29, 0.717) is 0 Å². The molecule has 0 amide bonds. The summed E-state index contributed by atoms with van der Waals surface area (Å²) in [6.45, 7) is 0. The van der Waals surface area contributed by atoms with Crippen molar-refractivity contribution in [3.8, 4) is 17.0 Å². The minimum absolute atomic E-state index is 0.818. The SMILES string of the molecule is COc1cccc(-c2ccon2)c1. The van der Waals surface area contributed by atoms with Crippen molar-refractivity contribution in [3.05, 3.63) is 36.6 Å². The molecule has 2 aromatic rings. The molecule has 2 rings (SSSR count). The first-order valence-electron chi connectivity index (χ1n) is 3.95. The Morgan fingerprint density at radius 1 is 1.31 bits per heavy atom. The summed E-state index contributed by atoms with van der Waals surface area (Å²) >= 11 is 0. The number of methoxy groups -OCH3 is 1. The van der Waals surface area contributed by atoms with Gasteiger partial charge in [0.25, 0.3) is 0 Å². The summed E-state index contributed by atoms with van der Waals surface area (Å²) < 4.78 is 9.85. The molecule has 0 unspecified atom stereocenters. The number of ether oxygens (including phenoxy) is 1. The van der Waals surface area contributed by atoms with E-state index in [1.54, 1.807) is 13.4 Å². The van der Waals surface area contributed by atoms with Crippen molar-refractivity contribution in [1.29, 1.82) is 0 Å². The smallest absolute Gasteiger partial charge is 0.124 e. The Morgan fingerprint density at radius 2 is 2.23 bits per heavy atom. The molecule has 0 radical (unpaired) electrons. The predicted octanol–water partition coefficient (Wildman–Crippen LogP) is 2.35. The first-order chi connectivity index (χ1) is 6.40. The molecule has 0 atom stereocenters. The number of nitrogens with zero attached hydrogens (tertiary/aromatic N) is 1. The molecule has 0 bridgehead atoms. The van der Waals surface area contributed by atoms with Gasteiger partial charge in [0.05, 0.1) is 7.11 Å². The van der Waals surface area contributed by atoms with Gasteiger partial charge < -0.3 is 9.26 Å². The lowest BCUT2D eigenvalue weighted by atomic mass is 10.1. The summed E-state index contributed by atoms with van der Waals surface area (Å²) in [4.78, 5) is 0. The molecule has 0 saturated heterocycles. The van der Waals surface area contributed by atoms with Crippen molar-refractivity contribution >= 4 is 0 Å². The minimum atomic E-state index is 0.818. The molecule has 1 aromatic carbocycles. The third-order valence-corrected chi connectivity index (χ3v) is 1.80. The zero-order chi connectivity index (χ0) is 9.10. The highest BCUT2D eigenvalue weighted by atomic mass is 16.5. The van der Waals surface area contributed by atoms with Crippen LogP contribution in [-0.4, -0.2) is 12.3 Å². The van der Waals surface area contributed by atoms with Gasteiger partial charge in [0.1, 0.15) is 17.7 Å². The van der Waals surface area contributed by atoms with Crippen LogP contribution < -0.4 is 4.74 Å². The number of hydrogen-bond donors (Lipinski definition) is 0. The van der Waals surface area contributed by atoms with Crippen LogP contribution in [0.3, 0.4) is 0 Å². The lowest BCUT2D eigenvalue weighted by molar-refractivity contribution is 0.414. The maximum atomic E-state index is 5.09. The molecule has 0 spiro atoms. The minimum Gasteiger partial charge on any atom is -0.497 e. The van der Waals surface area contributed by atoms with E-state index in [0.717, 1.165) is 17.0 Å². The van der Waals surface area contributed by atoms with Gasteiger partial charge in [-0.05, 0) is 12.1 Å². The predicted molar refractivity (Wildman–Crippen MR) is 48.5 cm³/mol. The van der Waals surface area contributed by atoms with Crippen molar-refractivity contribution < 1.29 is 9.26 Å². The second-order valence-electron chi connectivity index (χ2n) is 2.62. The number of benzene rings is 1. The van der Waals surface area contributed by atoms with Gasteiger partial charge in [-0.15, -0.1) is 0 Å². The molecule has 1 heterocycles. The van der Waals surface area contributed by atoms with Crippen molar-refractivity contribution in [2.24, 2.45) is 0 Å². The van der Waals surface area contributed by atoms with E-state index in [2.05, 4.69) is 5.16 Å². The van der Waals surface area contributed by atoms with Crippen molar-refractivity contribution in [2.45, 2.75) is 0 Å². The first-order valence-corrected chi connectivity index (χ1v) is 3.95. The average molecular weight is 175 g/mol. The molecule has 0 fully saturated rings. The molecule has 1 aromatic heterocycles. The van der Waals surface area contributed by atoms with E-state index in [4.69, 9.17) is 9.26 Å². The molecule has 3 nitrogen and oxygen atoms in total. The molecular weight excluding hydrogens is 166 g/mol. The van der Waals surface area contributed by atoms with Crippen molar-refractivity contribution in [2.75, 3.05) is 7.11 Å². The maximum Gasteiger partial charge on any atom is 0.124 e. The van der Waals surface area contributed by atoms with Crippen LogP contribution in [0.25, 0.3) is 11.3 Å². The summed E-state index contributed by atoms with van der Waals surface area (Å²) in [5, 5.41) is 3.83. The summed E-state index contributed by atoms with van der Waals surface area (Å²) in [7, 11) is 1.64. The Hall–Kier alpha value is -1.77. The normalized spacial score (nSPS) is 9.92. The first kappa shape index (κ1) is 7.86. The summed E-state index contributed by atoms with van der Waals surface area (Å²) in [6, 6.07) is 9.50. The fourth-order valence-electron chi connectivity index (χ4n) is 1.14. The molecule has 0 saturated carbocycles. The molecule has 0 N–H and O–H groups in total. The summed E-state index contributed by atoms with van der Waals surface area (Å²) in [5.74, 6) is 0.820. The number of aromatic nitrogens is 1. The fraction of sp³-hybridized carbons (Fsp3) is 0.100. The lowest BCUT2D eigenvalue weighted by Crippen LogP contribution is -1.83. The van der Waals surface area contributed by atoms with Gasteiger partial charge in [0, 0.05) is 11.6 Å². The fourth-order valence-corrected chi connectivity index (χ4v) is 1.14. The topological polar surface area (TPSA) is 35.3 Å². The molecular formula is C10H9NO2. The zero-order valence-electron chi connectivity index (χ0n) is 7.23. The van der Waals surface area contributed by atoms with E-state index < -0.39 is 0 Å². The van der Waals surface area contributed by atoms with Crippen LogP contribution in [0.5, 0.6) is 5.75 Å². The van der Waals surface area contributed by atoms with Crippen LogP contribution in [0.2, 0.25) is 0 Å². The monoisotopic (exact) mass is 175 g/mol. The Bertz CT molecular complexity index is 382. The molecule has 3 heteroatoms. The molecule has 13 heavy (non-hydrogen) atoms. The van der Waals surface area contributed by atoms with Gasteiger partial charge >= 0.3 is 0 Å². The second-order valence-corrected chi connectivity index (χ2v) is 2.62. The van der Waals surface area contributed by atoms with Crippen LogP contribution in [0.4, 0.5) is 0 Å². The highest BCUT2D eigenvalue weighted by Gasteiger charge is 2.01. The van der Waals surface area contributed by atoms with Crippen LogP contribution in [0.1, 0.15) is 0 Å². The van der Waals surface area contributed by atoms with Gasteiger partial charge in [-0.1, -0.05) is 17.3 Å². The van der Waals surface area contributed by atoms with E-state index in [-0.39, 0.29) is 0 Å². The molecule has 0 aliphatic carbocycles. The lowest BCUT2D eigenvalue weighted by Gasteiger charge is -2.00. The van der Waals surface area contributed by atoms with Gasteiger partial charge in [-0.2, -0.15) is 0 Å². The van der Waals surface area contributed by atoms with Crippen LogP contribution >= 0.6 is 0 Å². The Labute approximate surface area is 75.9 Å². The van der Waals surface area contributed by atoms with Gasteiger partial charge in [0.2, 0.25) is 0 Å². The summed E-state index contributed by atoms with van der Waals surface area (Å²) in [5.41, 5.74) is 1.81. The average Bonchev–Trinajstić information content (AvgIpc) is 2.71. The van der Waals surface area contributed by atoms with E-state index in [1.807, 2.05) is 30.3 Å². The van der Waals surface area contributed by atoms with Gasteiger partial charge in [-0.3, -0.25) is 0 Å². The Kier molecular flexibility index (Phi) is 2.00. The Balaban J connectivity index is 2.41. The van der Waals surface area contributed by atoms with Crippen molar-refractivity contribution in [3.63, 3.8) is 0 Å². The summed E-state index contributed by atoms with van der Waals surface area (Å²) in [6.07, 6.45) is 1.55. The van der Waals surface area contributed by atoms with Crippen LogP contribution in [-0.2, 0) is 0 Å². The quantitative estimate of drug-likeness (QED) is 0.702. The highest BCUT2D eigenvalue weighted by Crippen LogP contribution is 2.21. The maximum absolute atomic E-state index is 5.09. The Morgan fingerprint density at radius 3 is 2.92 bits per heavy atom. The number of hydrogen-bond acceptors (Lipinski definition) is 3. The molecule has 0 aliphatic heterocycles. The van der Waals surface area contributed by atoms with Gasteiger partial charge in [0.15, 0.2) is 0 Å². The number of rotatable bonds is 2. The molecule has 66 valence electrons. The molecule has 0 aliphatic rings. The zero-order valence-corrected chi connectivity index (χ0v) is 7.23. The third-order valence-electron chi connectivity index (χ3n) is 1.80. The largest absolute Gasteiger partial charge is 0.497 e.